The fourth-order valence-corrected chi connectivity index (χ4v) is 8.83. The number of halogens is 6. The zero-order chi connectivity index (χ0) is 66.7. The number of alkyl carbamates (subject to hydrolysis) is 1. The first-order valence-corrected chi connectivity index (χ1v) is 28.3. The van der Waals surface area contributed by atoms with Crippen molar-refractivity contribution in [2.24, 2.45) is 23.3 Å². The van der Waals surface area contributed by atoms with Crippen molar-refractivity contribution < 1.29 is 85.9 Å². The van der Waals surface area contributed by atoms with Crippen molar-refractivity contribution in [3.63, 3.8) is 0 Å². The van der Waals surface area contributed by atoms with Crippen molar-refractivity contribution in [1.82, 2.24) is 34.0 Å². The lowest BCUT2D eigenvalue weighted by Crippen LogP contribution is -2.53. The second-order valence-electron chi connectivity index (χ2n) is 21.2. The Morgan fingerprint density at radius 3 is 1.29 bits per heavy atom. The maximum atomic E-state index is 15.5. The number of anilines is 3. The number of hydrogen-bond acceptors (Lipinski definition) is 26. The number of aliphatic hydroxyl groups is 4. The second kappa shape index (κ2) is 34.1. The third kappa shape index (κ3) is 20.0. The summed E-state index contributed by atoms with van der Waals surface area (Å²) in [5, 5.41) is 41.1. The SMILES string of the molecule is CC(C)C(N)C(=O)O[C@H]1[C@@H](F)[C@H](n2ccc(N)nc2=O)O[C@@]1(CO)CCl.CC(C)C(NC(=O)OC(C)(C)C)C(=O)O[C@H]1[C@@H](F)[C@H](n2ccc(N)nc2=O)O[C@@]1(CO)CCl.CCN.CCOC(C)=O.Nc1ccn([C@@H]2O[C@@](CO)(CCl)[C@@H](O)[C@H]2F)c(=O)n1. The molecular weight excluding hydrogens is 1230 g/mol. The van der Waals surface area contributed by atoms with Crippen molar-refractivity contribution in [3.05, 3.63) is 68.2 Å². The number of carbonyl (C=O) groups is 4. The summed E-state index contributed by atoms with van der Waals surface area (Å²) < 4.78 is 83.7. The number of nitrogens with two attached hydrogens (primary N) is 5. The predicted octanol–water partition coefficient (Wildman–Crippen LogP) is 0.238. The molecule has 1 amide bonds. The molecule has 0 aromatic carbocycles. The number of aromatic nitrogens is 6. The molecule has 494 valence electrons. The zero-order valence-corrected chi connectivity index (χ0v) is 51.7. The monoisotopic (exact) mass is 1310 g/mol. The lowest BCUT2D eigenvalue weighted by molar-refractivity contribution is -0.168. The van der Waals surface area contributed by atoms with E-state index in [4.69, 9.17) is 91.9 Å². The minimum absolute atomic E-state index is 0.0130. The maximum Gasteiger partial charge on any atom is 0.408 e. The Bertz CT molecular complexity index is 2880. The highest BCUT2D eigenvalue weighted by atomic mass is 35.5. The van der Waals surface area contributed by atoms with Crippen LogP contribution in [-0.4, -0.2) is 195 Å². The summed E-state index contributed by atoms with van der Waals surface area (Å²) in [6, 6.07) is 1.65. The summed E-state index contributed by atoms with van der Waals surface area (Å²) in [6.07, 6.45) is -12.7. The molecule has 3 saturated heterocycles. The highest BCUT2D eigenvalue weighted by Crippen LogP contribution is 2.43. The van der Waals surface area contributed by atoms with Crippen LogP contribution in [-0.2, 0) is 47.5 Å². The van der Waals surface area contributed by atoms with Crippen LogP contribution in [0.1, 0.15) is 87.9 Å². The Morgan fingerprint density at radius 1 is 0.678 bits per heavy atom. The molecule has 0 radical (unpaired) electrons. The Morgan fingerprint density at radius 2 is 1.02 bits per heavy atom. The third-order valence-electron chi connectivity index (χ3n) is 12.6. The van der Waals surface area contributed by atoms with Gasteiger partial charge in [-0.25, -0.2) is 37.1 Å². The highest BCUT2D eigenvalue weighted by Gasteiger charge is 2.61. The molecule has 3 aromatic rings. The van der Waals surface area contributed by atoms with E-state index in [0.29, 0.717) is 6.61 Å². The first kappa shape index (κ1) is 77.1. The van der Waals surface area contributed by atoms with Crippen LogP contribution in [0.3, 0.4) is 0 Å². The van der Waals surface area contributed by atoms with E-state index in [-0.39, 0.29) is 41.1 Å². The standard InChI is InChI=1S/C20H30ClFN4O7.C15H22ClFN4O5.C10H13ClFN3O4.C4H8O2.C2H7N/c1-10(2)13(25-18(30)33-19(3,4)5)16(28)31-14-12(22)15(32-20(14,8-21)9-27)26-7-6-11(23)24-17(26)29;1-7(2)10(19)13(23)25-11-9(17)12(26-15(11,5-16)6-22)21-4-3-8(18)20-14(21)24;11-3-10(4-16)7(17)6(12)8(19-10)15-2-1-5(13)14-9(15)18;1-3-6-4(2)5;1-2-3/h6-7,10,12-15,27H,8-9H2,1-5H3,(H,25,30)(H2,23,24,29);3-4,7,9-12,22H,5-6,19H2,1-2H3,(H2,18,20,24);1-2,6-8,16-17H,3-4H2,(H2,13,14,18);3H2,1-2H3;2-3H2,1H3/t12-,13?,14+,15-,20-;9-,10?,11+,12-,15-;6-,7+,8-,10-;;/m111../s1. The molecule has 6 rings (SSSR count). The predicted molar refractivity (Wildman–Crippen MR) is 309 cm³/mol. The lowest BCUT2D eigenvalue weighted by Gasteiger charge is -2.32. The number of nitrogens with one attached hydrogen (secondary N) is 1. The van der Waals surface area contributed by atoms with Crippen molar-refractivity contribution in [2.45, 2.75) is 159 Å². The Hall–Kier alpha value is -5.98. The smallest absolute Gasteiger partial charge is 0.408 e. The average molecular weight is 1310 g/mol. The number of amides is 1. The van der Waals surface area contributed by atoms with Gasteiger partial charge in [-0.2, -0.15) is 15.0 Å². The molecule has 0 aliphatic carbocycles. The van der Waals surface area contributed by atoms with Crippen molar-refractivity contribution in [2.75, 3.05) is 67.8 Å². The van der Waals surface area contributed by atoms with Crippen LogP contribution in [0.4, 0.5) is 35.4 Å². The van der Waals surface area contributed by atoms with E-state index in [0.717, 1.165) is 20.2 Å². The first-order valence-electron chi connectivity index (χ1n) is 26.7. The molecule has 3 aliphatic rings. The molecule has 0 bridgehead atoms. The molecule has 14 atom stereocenters. The van der Waals surface area contributed by atoms with Crippen molar-refractivity contribution in [1.29, 1.82) is 0 Å². The fourth-order valence-electron chi connectivity index (χ4n) is 7.93. The van der Waals surface area contributed by atoms with Crippen LogP contribution in [0.25, 0.3) is 0 Å². The van der Waals surface area contributed by atoms with Gasteiger partial charge in [0, 0.05) is 25.5 Å². The number of ether oxygens (including phenoxy) is 7. The lowest BCUT2D eigenvalue weighted by atomic mass is 9.98. The summed E-state index contributed by atoms with van der Waals surface area (Å²) in [7, 11) is 0. The Kier molecular flexibility index (Phi) is 30.2. The number of aliphatic hydroxyl groups excluding tert-OH is 4. The molecule has 3 aromatic heterocycles. The summed E-state index contributed by atoms with van der Waals surface area (Å²) >= 11 is 17.4. The van der Waals surface area contributed by atoms with Gasteiger partial charge >= 0.3 is 41.1 Å². The third-order valence-corrected chi connectivity index (χ3v) is 14.0. The number of esters is 3. The molecule has 2 unspecified atom stereocenters. The molecule has 15 N–H and O–H groups in total. The number of nitrogen functional groups attached to an aromatic ring is 3. The Balaban J connectivity index is 0.000000426. The van der Waals surface area contributed by atoms with Crippen LogP contribution in [0, 0.1) is 11.8 Å². The van der Waals surface area contributed by atoms with Crippen molar-refractivity contribution >= 4 is 76.3 Å². The summed E-state index contributed by atoms with van der Waals surface area (Å²) in [6.45, 7) is 15.7. The zero-order valence-electron chi connectivity index (χ0n) is 49.5. The van der Waals surface area contributed by atoms with Crippen LogP contribution >= 0.6 is 34.8 Å². The molecule has 36 heteroatoms. The van der Waals surface area contributed by atoms with Gasteiger partial charge in [-0.05, 0) is 64.3 Å². The van der Waals surface area contributed by atoms with Crippen LogP contribution in [0.5, 0.6) is 0 Å². The van der Waals surface area contributed by atoms with E-state index in [1.54, 1.807) is 55.4 Å². The van der Waals surface area contributed by atoms with Crippen LogP contribution in [0.2, 0.25) is 0 Å². The molecule has 87 heavy (non-hydrogen) atoms. The summed E-state index contributed by atoms with van der Waals surface area (Å²) in [5.41, 5.74) is 18.2. The highest BCUT2D eigenvalue weighted by molar-refractivity contribution is 6.19. The first-order chi connectivity index (χ1) is 40.5. The quantitative estimate of drug-likeness (QED) is 0.0491. The van der Waals surface area contributed by atoms with Gasteiger partial charge in [-0.15, -0.1) is 34.8 Å². The van der Waals surface area contributed by atoms with Gasteiger partial charge in [0.05, 0.1) is 44.1 Å². The van der Waals surface area contributed by atoms with Gasteiger partial charge in [0.2, 0.25) is 0 Å². The minimum atomic E-state index is -2.10. The van der Waals surface area contributed by atoms with Gasteiger partial charge in [-0.1, -0.05) is 34.6 Å². The van der Waals surface area contributed by atoms with E-state index in [2.05, 4.69) is 25.0 Å². The number of carbonyl (C=O) groups excluding carboxylic acids is 4. The minimum Gasteiger partial charge on any atom is -0.466 e. The number of alkyl halides is 6. The number of rotatable bonds is 17. The average Bonchev–Trinajstić information content (AvgIpc) is 1.69. The second-order valence-corrected chi connectivity index (χ2v) is 22.0. The van der Waals surface area contributed by atoms with Gasteiger partial charge in [0.15, 0.2) is 49.4 Å². The number of hydrogen-bond donors (Lipinski definition) is 10. The molecule has 30 nitrogen and oxygen atoms in total. The normalized spacial score (nSPS) is 27.1. The molecule has 6 heterocycles. The van der Waals surface area contributed by atoms with E-state index < -0.39 is 157 Å². The largest absolute Gasteiger partial charge is 0.466 e. The topological polar surface area (TPSA) is 461 Å². The van der Waals surface area contributed by atoms with Crippen LogP contribution < -0.4 is 51.1 Å². The maximum absolute atomic E-state index is 15.5. The molecular formula is C51H80Cl3F3N12O18. The van der Waals surface area contributed by atoms with Gasteiger partial charge < -0.3 is 87.6 Å². The van der Waals surface area contributed by atoms with Gasteiger partial charge in [0.25, 0.3) is 0 Å². The summed E-state index contributed by atoms with van der Waals surface area (Å²) in [4.78, 5) is 93.3. The van der Waals surface area contributed by atoms with Crippen LogP contribution in [0.15, 0.2) is 51.2 Å². The molecule has 3 fully saturated rings. The van der Waals surface area contributed by atoms with Gasteiger partial charge in [-0.3, -0.25) is 23.3 Å². The fraction of sp³-hybridized carbons (Fsp3) is 0.686. The Labute approximate surface area is 512 Å². The summed E-state index contributed by atoms with van der Waals surface area (Å²) in [5.74, 6) is -4.05. The molecule has 3 aliphatic heterocycles. The molecule has 0 spiro atoms. The van der Waals surface area contributed by atoms with E-state index in [1.165, 1.54) is 43.7 Å². The van der Waals surface area contributed by atoms with E-state index in [9.17, 15) is 58.4 Å². The van der Waals surface area contributed by atoms with Gasteiger partial charge in [0.1, 0.15) is 58.0 Å². The van der Waals surface area contributed by atoms with E-state index in [1.807, 2.05) is 6.92 Å². The number of nitrogens with zero attached hydrogens (tertiary/aromatic N) is 6. The van der Waals surface area contributed by atoms with Crippen molar-refractivity contribution in [3.8, 4) is 0 Å². The molecule has 0 saturated carbocycles. The van der Waals surface area contributed by atoms with E-state index >= 15 is 8.78 Å².